The number of nitrogens with zero attached hydrogens (tertiary/aromatic N) is 1. The minimum atomic E-state index is -0.275. The Balaban J connectivity index is 1.75. The van der Waals surface area contributed by atoms with Gasteiger partial charge in [-0.1, -0.05) is 31.2 Å². The minimum absolute atomic E-state index is 0.275. The predicted octanol–water partition coefficient (Wildman–Crippen LogP) is 3.16. The lowest BCUT2D eigenvalue weighted by Gasteiger charge is -2.38. The maximum Gasteiger partial charge on any atom is 0.0819 e. The van der Waals surface area contributed by atoms with Crippen LogP contribution in [0, 0.1) is 5.92 Å². The largest absolute Gasteiger partial charge is 0.388 e. The van der Waals surface area contributed by atoms with Gasteiger partial charge in [-0.3, -0.25) is 0 Å². The third kappa shape index (κ3) is 2.44. The highest BCUT2D eigenvalue weighted by atomic mass is 16.3. The number of hydrogen-bond donors (Lipinski definition) is 1. The van der Waals surface area contributed by atoms with Crippen molar-refractivity contribution < 1.29 is 5.11 Å². The van der Waals surface area contributed by atoms with Crippen LogP contribution in [0.25, 0.3) is 0 Å². The van der Waals surface area contributed by atoms with E-state index in [1.54, 1.807) is 0 Å². The van der Waals surface area contributed by atoms with Crippen LogP contribution in [0.1, 0.15) is 49.8 Å². The third-order valence-corrected chi connectivity index (χ3v) is 5.28. The van der Waals surface area contributed by atoms with Gasteiger partial charge in [-0.05, 0) is 56.2 Å². The van der Waals surface area contributed by atoms with Crippen molar-refractivity contribution in [2.45, 2.75) is 57.2 Å². The van der Waals surface area contributed by atoms with Crippen LogP contribution in [0.15, 0.2) is 24.3 Å². The van der Waals surface area contributed by atoms with Crippen molar-refractivity contribution in [2.24, 2.45) is 5.92 Å². The Hall–Kier alpha value is -0.860. The topological polar surface area (TPSA) is 23.5 Å². The van der Waals surface area contributed by atoms with Gasteiger partial charge < -0.3 is 10.0 Å². The van der Waals surface area contributed by atoms with Crippen molar-refractivity contribution in [3.8, 4) is 0 Å². The molecule has 19 heavy (non-hydrogen) atoms. The lowest BCUT2D eigenvalue weighted by molar-refractivity contribution is 0.0356. The third-order valence-electron chi connectivity index (χ3n) is 5.28. The van der Waals surface area contributed by atoms with E-state index in [9.17, 15) is 5.11 Å². The van der Waals surface area contributed by atoms with Gasteiger partial charge >= 0.3 is 0 Å². The number of benzene rings is 1. The van der Waals surface area contributed by atoms with E-state index in [0.29, 0.717) is 18.0 Å². The van der Waals surface area contributed by atoms with Gasteiger partial charge in [0.15, 0.2) is 0 Å². The van der Waals surface area contributed by atoms with Crippen LogP contribution in [-0.4, -0.2) is 29.1 Å². The summed E-state index contributed by atoms with van der Waals surface area (Å²) < 4.78 is 0. The van der Waals surface area contributed by atoms with E-state index in [0.717, 1.165) is 24.8 Å². The number of fused-ring (bicyclic) bond motifs is 2. The lowest BCUT2D eigenvalue weighted by Crippen LogP contribution is -2.41. The molecule has 0 aliphatic carbocycles. The van der Waals surface area contributed by atoms with E-state index >= 15 is 0 Å². The first-order valence-corrected chi connectivity index (χ1v) is 7.68. The van der Waals surface area contributed by atoms with Gasteiger partial charge in [0.25, 0.3) is 0 Å². The molecule has 2 aliphatic heterocycles. The number of rotatable bonds is 3. The van der Waals surface area contributed by atoms with Gasteiger partial charge in [-0.2, -0.15) is 0 Å². The van der Waals surface area contributed by atoms with E-state index < -0.39 is 0 Å². The molecule has 2 fully saturated rings. The molecule has 0 saturated carbocycles. The summed E-state index contributed by atoms with van der Waals surface area (Å²) in [5, 5.41) is 10.7. The quantitative estimate of drug-likeness (QED) is 0.901. The number of piperidine rings is 1. The highest BCUT2D eigenvalue weighted by molar-refractivity contribution is 5.26. The SMILES string of the molecule is CCc1cccc(C(O)C2CC3CCC(C2)N3C)c1. The van der Waals surface area contributed by atoms with Gasteiger partial charge in [-0.25, -0.2) is 0 Å². The molecule has 3 unspecified atom stereocenters. The van der Waals surface area contributed by atoms with Crippen molar-refractivity contribution >= 4 is 0 Å². The van der Waals surface area contributed by atoms with E-state index in [1.165, 1.54) is 18.4 Å². The highest BCUT2D eigenvalue weighted by Gasteiger charge is 2.40. The fourth-order valence-corrected chi connectivity index (χ4v) is 3.98. The number of aliphatic hydroxyl groups excluding tert-OH is 1. The molecule has 104 valence electrons. The molecule has 2 nitrogen and oxygen atoms in total. The van der Waals surface area contributed by atoms with Gasteiger partial charge in [0.05, 0.1) is 6.10 Å². The summed E-state index contributed by atoms with van der Waals surface area (Å²) in [6, 6.07) is 9.91. The first-order valence-electron chi connectivity index (χ1n) is 7.68. The molecule has 0 aromatic heterocycles. The van der Waals surface area contributed by atoms with Crippen LogP contribution in [0.2, 0.25) is 0 Å². The van der Waals surface area contributed by atoms with Gasteiger partial charge in [0, 0.05) is 12.1 Å². The Kier molecular flexibility index (Phi) is 3.64. The normalized spacial score (nSPS) is 32.5. The molecule has 2 saturated heterocycles. The first-order chi connectivity index (χ1) is 9.19. The Labute approximate surface area is 116 Å². The van der Waals surface area contributed by atoms with E-state index in [2.05, 4.69) is 43.1 Å². The second-order valence-electron chi connectivity index (χ2n) is 6.33. The van der Waals surface area contributed by atoms with E-state index in [4.69, 9.17) is 0 Å². The summed E-state index contributed by atoms with van der Waals surface area (Å²) in [4.78, 5) is 2.53. The molecule has 1 N–H and O–H groups in total. The molecule has 3 rings (SSSR count). The van der Waals surface area contributed by atoms with Gasteiger partial charge in [0.1, 0.15) is 0 Å². The van der Waals surface area contributed by atoms with Crippen molar-refractivity contribution in [1.29, 1.82) is 0 Å². The number of aryl methyl sites for hydroxylation is 1. The highest BCUT2D eigenvalue weighted by Crippen LogP contribution is 2.42. The van der Waals surface area contributed by atoms with Crippen LogP contribution in [0.5, 0.6) is 0 Å². The summed E-state index contributed by atoms with van der Waals surface area (Å²) in [6.07, 6.45) is 5.72. The zero-order valence-corrected chi connectivity index (χ0v) is 12.0. The molecule has 0 radical (unpaired) electrons. The number of aliphatic hydroxyl groups is 1. The smallest absolute Gasteiger partial charge is 0.0819 e. The molecular weight excluding hydrogens is 234 g/mol. The molecule has 0 spiro atoms. The predicted molar refractivity (Wildman–Crippen MR) is 78.1 cm³/mol. The second kappa shape index (κ2) is 5.26. The molecule has 2 bridgehead atoms. The fraction of sp³-hybridized carbons (Fsp3) is 0.647. The van der Waals surface area contributed by atoms with Crippen LogP contribution in [0.3, 0.4) is 0 Å². The Bertz CT molecular complexity index is 431. The van der Waals surface area contributed by atoms with Gasteiger partial charge in [-0.15, -0.1) is 0 Å². The van der Waals surface area contributed by atoms with E-state index in [1.807, 2.05) is 0 Å². The van der Waals surface area contributed by atoms with Crippen molar-refractivity contribution in [2.75, 3.05) is 7.05 Å². The zero-order chi connectivity index (χ0) is 13.4. The van der Waals surface area contributed by atoms with Crippen molar-refractivity contribution in [1.82, 2.24) is 4.90 Å². The van der Waals surface area contributed by atoms with Crippen LogP contribution < -0.4 is 0 Å². The van der Waals surface area contributed by atoms with Crippen LogP contribution >= 0.6 is 0 Å². The summed E-state index contributed by atoms with van der Waals surface area (Å²) in [6.45, 7) is 2.17. The second-order valence-corrected chi connectivity index (χ2v) is 6.33. The molecule has 2 aliphatic rings. The van der Waals surface area contributed by atoms with Crippen LogP contribution in [0.4, 0.5) is 0 Å². The van der Waals surface area contributed by atoms with Crippen LogP contribution in [-0.2, 0) is 6.42 Å². The fourth-order valence-electron chi connectivity index (χ4n) is 3.98. The summed E-state index contributed by atoms with van der Waals surface area (Å²) in [5.74, 6) is 0.445. The molecular formula is C17H25NO. The Morgan fingerprint density at radius 3 is 2.58 bits per heavy atom. The molecule has 2 heteroatoms. The Morgan fingerprint density at radius 1 is 1.26 bits per heavy atom. The van der Waals surface area contributed by atoms with Crippen molar-refractivity contribution in [3.63, 3.8) is 0 Å². The number of hydrogen-bond acceptors (Lipinski definition) is 2. The maximum atomic E-state index is 10.7. The van der Waals surface area contributed by atoms with Gasteiger partial charge in [0.2, 0.25) is 0 Å². The molecule has 0 amide bonds. The Morgan fingerprint density at radius 2 is 1.95 bits per heavy atom. The average molecular weight is 259 g/mol. The standard InChI is InChI=1S/C17H25NO/c1-3-12-5-4-6-13(9-12)17(19)14-10-15-7-8-16(11-14)18(15)2/h4-6,9,14-17,19H,3,7-8,10-11H2,1-2H3. The zero-order valence-electron chi connectivity index (χ0n) is 12.0. The first kappa shape index (κ1) is 13.1. The summed E-state index contributed by atoms with van der Waals surface area (Å²) in [7, 11) is 2.25. The molecule has 1 aromatic rings. The van der Waals surface area contributed by atoms with Crippen molar-refractivity contribution in [3.05, 3.63) is 35.4 Å². The summed E-state index contributed by atoms with van der Waals surface area (Å²) in [5.41, 5.74) is 2.45. The average Bonchev–Trinajstić information content (AvgIpc) is 2.68. The maximum absolute atomic E-state index is 10.7. The monoisotopic (exact) mass is 259 g/mol. The molecule has 1 aromatic carbocycles. The van der Waals surface area contributed by atoms with E-state index in [-0.39, 0.29) is 6.10 Å². The summed E-state index contributed by atoms with van der Waals surface area (Å²) >= 11 is 0. The molecule has 2 heterocycles. The lowest BCUT2D eigenvalue weighted by atomic mass is 9.83. The molecule has 3 atom stereocenters. The minimum Gasteiger partial charge on any atom is -0.388 e.